The predicted molar refractivity (Wildman–Crippen MR) is 72.6 cm³/mol. The first-order chi connectivity index (χ1) is 7.49. The Labute approximate surface area is 117 Å². The molecule has 0 spiro atoms. The Morgan fingerprint density at radius 3 is 2.12 bits per heavy atom. The van der Waals surface area contributed by atoms with Crippen LogP contribution in [0.5, 0.6) is 0 Å². The van der Waals surface area contributed by atoms with Crippen LogP contribution in [-0.4, -0.2) is 36.7 Å². The van der Waals surface area contributed by atoms with Crippen LogP contribution >= 0.6 is 24.0 Å². The molecule has 1 heterocycles. The lowest BCUT2D eigenvalue weighted by molar-refractivity contribution is -0.132. The Morgan fingerprint density at radius 1 is 1.12 bits per heavy atom. The first-order valence-electron chi connectivity index (χ1n) is 5.61. The van der Waals surface area contributed by atoms with E-state index >= 15 is 0 Å². The summed E-state index contributed by atoms with van der Waals surface area (Å²) in [6.07, 6.45) is -0.659. The van der Waals surface area contributed by atoms with E-state index in [9.17, 15) is 13.2 Å². The van der Waals surface area contributed by atoms with E-state index in [1.54, 1.807) is 0 Å². The van der Waals surface area contributed by atoms with Crippen molar-refractivity contribution in [2.45, 2.75) is 38.3 Å². The van der Waals surface area contributed by atoms with Crippen LogP contribution in [0, 0.1) is 0 Å². The van der Waals surface area contributed by atoms with Gasteiger partial charge < -0.3 is 10.6 Å². The largest absolute Gasteiger partial charge is 0.390 e. The van der Waals surface area contributed by atoms with Crippen LogP contribution in [-0.2, 0) is 0 Å². The fourth-order valence-electron chi connectivity index (χ4n) is 1.70. The molecule has 0 unspecified atom stereocenters. The highest BCUT2D eigenvalue weighted by atomic mass is 127. The van der Waals surface area contributed by atoms with E-state index < -0.39 is 12.6 Å². The van der Waals surface area contributed by atoms with Crippen molar-refractivity contribution in [3.8, 4) is 0 Å². The van der Waals surface area contributed by atoms with Gasteiger partial charge in [0.15, 0.2) is 5.96 Å². The number of hydrogen-bond acceptors (Lipinski definition) is 1. The molecule has 0 aromatic rings. The molecule has 1 rings (SSSR count). The summed E-state index contributed by atoms with van der Waals surface area (Å²) in [6.45, 7) is 1.34. The van der Waals surface area contributed by atoms with Gasteiger partial charge in [0.05, 0.1) is 13.0 Å². The number of rotatable bonds is 2. The van der Waals surface area contributed by atoms with Crippen LogP contribution in [0.2, 0.25) is 0 Å². The Bertz CT molecular complexity index is 235. The first kappa shape index (κ1) is 16.8. The van der Waals surface area contributed by atoms with Crippen molar-refractivity contribution in [2.24, 2.45) is 10.7 Å². The Hall–Kier alpha value is -0.210. The maximum absolute atomic E-state index is 11.9. The van der Waals surface area contributed by atoms with Crippen molar-refractivity contribution in [1.29, 1.82) is 0 Å². The van der Waals surface area contributed by atoms with Gasteiger partial charge in [0, 0.05) is 13.1 Å². The van der Waals surface area contributed by atoms with Crippen LogP contribution in [0.1, 0.15) is 32.1 Å². The molecule has 7 heteroatoms. The van der Waals surface area contributed by atoms with Crippen molar-refractivity contribution in [3.05, 3.63) is 0 Å². The Morgan fingerprint density at radius 2 is 1.65 bits per heavy atom. The third-order valence-corrected chi connectivity index (χ3v) is 2.60. The molecule has 1 fully saturated rings. The summed E-state index contributed by atoms with van der Waals surface area (Å²) in [7, 11) is 0. The van der Waals surface area contributed by atoms with Crippen LogP contribution in [0.15, 0.2) is 4.99 Å². The zero-order chi connectivity index (χ0) is 12.0. The number of halogens is 4. The van der Waals surface area contributed by atoms with E-state index in [0.29, 0.717) is 0 Å². The van der Waals surface area contributed by atoms with E-state index in [-0.39, 0.29) is 36.5 Å². The van der Waals surface area contributed by atoms with Gasteiger partial charge in [0.25, 0.3) is 0 Å². The highest BCUT2D eigenvalue weighted by Gasteiger charge is 2.26. The minimum Gasteiger partial charge on any atom is -0.370 e. The number of guanidine groups is 1. The van der Waals surface area contributed by atoms with Gasteiger partial charge >= 0.3 is 6.18 Å². The summed E-state index contributed by atoms with van der Waals surface area (Å²) >= 11 is 0. The lowest BCUT2D eigenvalue weighted by atomic mass is 10.2. The average molecular weight is 365 g/mol. The van der Waals surface area contributed by atoms with Gasteiger partial charge in [-0.15, -0.1) is 24.0 Å². The number of hydrogen-bond donors (Lipinski definition) is 1. The highest BCUT2D eigenvalue weighted by molar-refractivity contribution is 14.0. The van der Waals surface area contributed by atoms with Crippen molar-refractivity contribution in [3.63, 3.8) is 0 Å². The molecular formula is C10H19F3IN3. The topological polar surface area (TPSA) is 41.6 Å². The second-order valence-corrected chi connectivity index (χ2v) is 4.01. The van der Waals surface area contributed by atoms with E-state index in [2.05, 4.69) is 4.99 Å². The fourth-order valence-corrected chi connectivity index (χ4v) is 1.70. The molecule has 1 saturated heterocycles. The molecule has 0 atom stereocenters. The van der Waals surface area contributed by atoms with Gasteiger partial charge in [-0.05, 0) is 12.8 Å². The summed E-state index contributed by atoms with van der Waals surface area (Å²) in [5.74, 6) is 0.256. The standard InChI is InChI=1S/C10H18F3N3.HI/c11-10(12,13)5-6-15-9(14)16-7-3-1-2-4-8-16;/h1-8H2,(H2,14,15);1H. The molecule has 1 aliphatic heterocycles. The molecule has 102 valence electrons. The van der Waals surface area contributed by atoms with Gasteiger partial charge in [-0.25, -0.2) is 0 Å². The molecule has 0 aromatic carbocycles. The Kier molecular flexibility index (Phi) is 7.89. The average Bonchev–Trinajstić information content (AvgIpc) is 2.43. The second kappa shape index (κ2) is 7.99. The maximum Gasteiger partial charge on any atom is 0.390 e. The zero-order valence-corrected chi connectivity index (χ0v) is 12.0. The molecule has 3 nitrogen and oxygen atoms in total. The Balaban J connectivity index is 0.00000256. The van der Waals surface area contributed by atoms with Crippen LogP contribution in [0.4, 0.5) is 13.2 Å². The SMILES string of the molecule is I.NC(=NCCC(F)(F)F)N1CCCCCC1. The smallest absolute Gasteiger partial charge is 0.370 e. The molecular weight excluding hydrogens is 346 g/mol. The van der Waals surface area contributed by atoms with Crippen molar-refractivity contribution < 1.29 is 13.2 Å². The fraction of sp³-hybridized carbons (Fsp3) is 0.900. The number of aliphatic imine (C=N–C) groups is 1. The van der Waals surface area contributed by atoms with Crippen LogP contribution < -0.4 is 5.73 Å². The minimum atomic E-state index is -4.15. The molecule has 0 amide bonds. The summed E-state index contributed by atoms with van der Waals surface area (Å²) < 4.78 is 35.7. The second-order valence-electron chi connectivity index (χ2n) is 4.01. The number of likely N-dealkylation sites (tertiary alicyclic amines) is 1. The molecule has 0 aromatic heterocycles. The summed E-state index contributed by atoms with van der Waals surface area (Å²) in [5, 5.41) is 0. The van der Waals surface area contributed by atoms with Gasteiger partial charge in [-0.2, -0.15) is 13.2 Å². The lowest BCUT2D eigenvalue weighted by Gasteiger charge is -2.21. The first-order valence-corrected chi connectivity index (χ1v) is 5.61. The molecule has 0 saturated carbocycles. The quantitative estimate of drug-likeness (QED) is 0.465. The molecule has 1 aliphatic rings. The number of alkyl halides is 3. The van der Waals surface area contributed by atoms with Crippen LogP contribution in [0.3, 0.4) is 0 Å². The molecule has 0 bridgehead atoms. The van der Waals surface area contributed by atoms with Crippen molar-refractivity contribution >= 4 is 29.9 Å². The van der Waals surface area contributed by atoms with E-state index in [1.807, 2.05) is 4.90 Å². The lowest BCUT2D eigenvalue weighted by Crippen LogP contribution is -2.38. The van der Waals surface area contributed by atoms with E-state index in [1.165, 1.54) is 0 Å². The third kappa shape index (κ3) is 7.67. The molecule has 17 heavy (non-hydrogen) atoms. The maximum atomic E-state index is 11.9. The van der Waals surface area contributed by atoms with E-state index in [4.69, 9.17) is 5.73 Å². The van der Waals surface area contributed by atoms with Gasteiger partial charge in [0.2, 0.25) is 0 Å². The van der Waals surface area contributed by atoms with Crippen molar-refractivity contribution in [1.82, 2.24) is 4.90 Å². The predicted octanol–water partition coefficient (Wildman–Crippen LogP) is 2.75. The molecule has 0 radical (unpaired) electrons. The summed E-state index contributed by atoms with van der Waals surface area (Å²) in [4.78, 5) is 5.65. The monoisotopic (exact) mass is 365 g/mol. The summed E-state index contributed by atoms with van der Waals surface area (Å²) in [6, 6.07) is 0. The highest BCUT2D eigenvalue weighted by Crippen LogP contribution is 2.19. The molecule has 0 aliphatic carbocycles. The number of nitrogens with two attached hydrogens (primary N) is 1. The van der Waals surface area contributed by atoms with Crippen molar-refractivity contribution in [2.75, 3.05) is 19.6 Å². The zero-order valence-electron chi connectivity index (χ0n) is 9.67. The van der Waals surface area contributed by atoms with Crippen LogP contribution in [0.25, 0.3) is 0 Å². The molecule has 2 N–H and O–H groups in total. The normalized spacial score (nSPS) is 18.5. The third-order valence-electron chi connectivity index (χ3n) is 2.60. The minimum absolute atomic E-state index is 0. The van der Waals surface area contributed by atoms with Gasteiger partial charge in [-0.3, -0.25) is 4.99 Å². The van der Waals surface area contributed by atoms with Gasteiger partial charge in [0.1, 0.15) is 0 Å². The number of nitrogens with zero attached hydrogens (tertiary/aromatic N) is 2. The summed E-state index contributed by atoms with van der Waals surface area (Å²) in [5.41, 5.74) is 5.66. The van der Waals surface area contributed by atoms with E-state index in [0.717, 1.165) is 38.8 Å². The van der Waals surface area contributed by atoms with Gasteiger partial charge in [-0.1, -0.05) is 12.8 Å².